The molecule has 8 heteroatoms. The number of aromatic nitrogens is 1. The maximum atomic E-state index is 13.0. The van der Waals surface area contributed by atoms with E-state index in [1.54, 1.807) is 30.3 Å². The Morgan fingerprint density at radius 2 is 2.00 bits per heavy atom. The number of nitrogens with one attached hydrogen (secondary N) is 1. The molecule has 35 heavy (non-hydrogen) atoms. The second-order valence-corrected chi connectivity index (χ2v) is 9.84. The number of carbonyl (C=O) groups excluding carboxylic acids is 2. The summed E-state index contributed by atoms with van der Waals surface area (Å²) in [7, 11) is 0. The summed E-state index contributed by atoms with van der Waals surface area (Å²) in [5.41, 5.74) is 3.57. The Labute approximate surface area is 206 Å². The van der Waals surface area contributed by atoms with Crippen molar-refractivity contribution in [3.63, 3.8) is 0 Å². The molecule has 2 aromatic heterocycles. The van der Waals surface area contributed by atoms with E-state index in [9.17, 15) is 14.9 Å². The summed E-state index contributed by atoms with van der Waals surface area (Å²) < 4.78 is 11.3. The van der Waals surface area contributed by atoms with Crippen molar-refractivity contribution < 1.29 is 18.7 Å². The van der Waals surface area contributed by atoms with Crippen LogP contribution in [0.1, 0.15) is 46.6 Å². The predicted molar refractivity (Wildman–Crippen MR) is 133 cm³/mol. The smallest absolute Gasteiger partial charge is 0.339 e. The molecular formula is C27H23N3O4S. The summed E-state index contributed by atoms with van der Waals surface area (Å²) >= 11 is 1.44. The number of thiophene rings is 1. The van der Waals surface area contributed by atoms with Crippen molar-refractivity contribution >= 4 is 39.3 Å². The third-order valence-electron chi connectivity index (χ3n) is 6.18. The lowest BCUT2D eigenvalue weighted by Gasteiger charge is -2.17. The molecule has 1 amide bonds. The quantitative estimate of drug-likeness (QED) is 0.362. The zero-order valence-electron chi connectivity index (χ0n) is 19.3. The number of rotatable bonds is 5. The summed E-state index contributed by atoms with van der Waals surface area (Å²) in [6.07, 6.45) is 1.70. The Balaban J connectivity index is 1.33. The van der Waals surface area contributed by atoms with Gasteiger partial charge in [0.25, 0.3) is 5.91 Å². The van der Waals surface area contributed by atoms with Crippen LogP contribution < -0.4 is 5.32 Å². The van der Waals surface area contributed by atoms with E-state index in [0.29, 0.717) is 39.0 Å². The molecule has 2 unspecified atom stereocenters. The van der Waals surface area contributed by atoms with Crippen LogP contribution in [-0.2, 0) is 22.4 Å². The average molecular weight is 486 g/mol. The van der Waals surface area contributed by atoms with E-state index in [0.717, 1.165) is 29.7 Å². The molecule has 5 rings (SSSR count). The van der Waals surface area contributed by atoms with E-state index in [1.807, 2.05) is 18.2 Å². The molecule has 0 radical (unpaired) electrons. The summed E-state index contributed by atoms with van der Waals surface area (Å²) in [5.74, 6) is -0.295. The standard InChI is InChI=1S/C27H23N3O4S/c1-15-11-12-17-20(14-28)26(35-23(17)13-15)30-24(31)16(2)33-27(32)19-8-4-3-7-18(19)25-29-21-9-5-6-10-22(21)34-25/h3-10,15-16H,11-13H2,1-2H3,(H,30,31). The van der Waals surface area contributed by atoms with Crippen molar-refractivity contribution in [3.8, 4) is 17.5 Å². The summed E-state index contributed by atoms with van der Waals surface area (Å²) in [5, 5.41) is 13.0. The van der Waals surface area contributed by atoms with Gasteiger partial charge < -0.3 is 14.5 Å². The molecule has 1 aliphatic carbocycles. The van der Waals surface area contributed by atoms with Gasteiger partial charge in [0.05, 0.1) is 16.7 Å². The Kier molecular flexibility index (Phi) is 6.10. The van der Waals surface area contributed by atoms with Gasteiger partial charge in [-0.15, -0.1) is 11.3 Å². The normalized spacial score (nSPS) is 15.7. The van der Waals surface area contributed by atoms with Crippen LogP contribution in [-0.4, -0.2) is 23.0 Å². The number of nitrogens with zero attached hydrogens (tertiary/aromatic N) is 2. The van der Waals surface area contributed by atoms with Crippen LogP contribution in [0.2, 0.25) is 0 Å². The number of carbonyl (C=O) groups is 2. The van der Waals surface area contributed by atoms with Gasteiger partial charge in [0.15, 0.2) is 11.7 Å². The fourth-order valence-corrected chi connectivity index (χ4v) is 5.65. The molecular weight excluding hydrogens is 462 g/mol. The molecule has 2 atom stereocenters. The van der Waals surface area contributed by atoms with Crippen molar-refractivity contribution in [1.82, 2.24) is 4.98 Å². The number of hydrogen-bond donors (Lipinski definition) is 1. The number of anilines is 1. The molecule has 0 aliphatic heterocycles. The number of nitriles is 1. The molecule has 2 aromatic carbocycles. The van der Waals surface area contributed by atoms with Crippen LogP contribution in [0.3, 0.4) is 0 Å². The number of benzene rings is 2. The Hall–Kier alpha value is -3.96. The predicted octanol–water partition coefficient (Wildman–Crippen LogP) is 5.74. The first-order chi connectivity index (χ1) is 16.9. The van der Waals surface area contributed by atoms with E-state index < -0.39 is 18.0 Å². The van der Waals surface area contributed by atoms with Gasteiger partial charge in [-0.3, -0.25) is 4.79 Å². The van der Waals surface area contributed by atoms with Crippen LogP contribution in [0.15, 0.2) is 52.9 Å². The molecule has 0 bridgehead atoms. The number of esters is 1. The molecule has 1 N–H and O–H groups in total. The maximum Gasteiger partial charge on any atom is 0.339 e. The van der Waals surface area contributed by atoms with E-state index in [4.69, 9.17) is 9.15 Å². The highest BCUT2D eigenvalue weighted by atomic mass is 32.1. The highest BCUT2D eigenvalue weighted by Crippen LogP contribution is 2.39. The summed E-state index contributed by atoms with van der Waals surface area (Å²) in [6, 6.07) is 16.4. The fraction of sp³-hybridized carbons (Fsp3) is 0.259. The number of para-hydroxylation sites is 2. The largest absolute Gasteiger partial charge is 0.449 e. The lowest BCUT2D eigenvalue weighted by molar-refractivity contribution is -0.123. The van der Waals surface area contributed by atoms with Gasteiger partial charge >= 0.3 is 5.97 Å². The molecule has 1 aliphatic rings. The Bertz CT molecular complexity index is 1450. The van der Waals surface area contributed by atoms with Gasteiger partial charge in [-0.05, 0) is 61.9 Å². The van der Waals surface area contributed by atoms with Crippen LogP contribution >= 0.6 is 11.3 Å². The summed E-state index contributed by atoms with van der Waals surface area (Å²) in [6.45, 7) is 3.70. The van der Waals surface area contributed by atoms with Gasteiger partial charge in [-0.1, -0.05) is 31.2 Å². The fourth-order valence-electron chi connectivity index (χ4n) is 4.28. The number of hydrogen-bond acceptors (Lipinski definition) is 7. The van der Waals surface area contributed by atoms with Crippen molar-refractivity contribution in [2.45, 2.75) is 39.2 Å². The first-order valence-corrected chi connectivity index (χ1v) is 12.3. The van der Waals surface area contributed by atoms with Gasteiger partial charge in [0.1, 0.15) is 16.6 Å². The maximum absolute atomic E-state index is 13.0. The minimum absolute atomic E-state index is 0.247. The monoisotopic (exact) mass is 485 g/mol. The molecule has 0 spiro atoms. The van der Waals surface area contributed by atoms with E-state index in [1.165, 1.54) is 18.3 Å². The SMILES string of the molecule is CC1CCc2c(sc(NC(=O)C(C)OC(=O)c3ccccc3-c3nc4ccccc4o3)c2C#N)C1. The van der Waals surface area contributed by atoms with Gasteiger partial charge in [-0.25, -0.2) is 9.78 Å². The van der Waals surface area contributed by atoms with E-state index in [2.05, 4.69) is 23.3 Å². The van der Waals surface area contributed by atoms with Crippen molar-refractivity contribution in [2.24, 2.45) is 5.92 Å². The molecule has 0 fully saturated rings. The number of fused-ring (bicyclic) bond motifs is 2. The van der Waals surface area contributed by atoms with Gasteiger partial charge in [0, 0.05) is 4.88 Å². The lowest BCUT2D eigenvalue weighted by atomic mass is 9.88. The highest BCUT2D eigenvalue weighted by molar-refractivity contribution is 7.16. The first kappa shape index (κ1) is 22.8. The third kappa shape index (κ3) is 4.43. The van der Waals surface area contributed by atoms with Crippen LogP contribution in [0.25, 0.3) is 22.6 Å². The lowest BCUT2D eigenvalue weighted by Crippen LogP contribution is -2.30. The topological polar surface area (TPSA) is 105 Å². The Morgan fingerprint density at radius 3 is 2.80 bits per heavy atom. The van der Waals surface area contributed by atoms with E-state index >= 15 is 0 Å². The zero-order chi connectivity index (χ0) is 24.5. The van der Waals surface area contributed by atoms with Crippen molar-refractivity contribution in [2.75, 3.05) is 5.32 Å². The second-order valence-electron chi connectivity index (χ2n) is 8.74. The molecule has 176 valence electrons. The molecule has 0 saturated heterocycles. The molecule has 7 nitrogen and oxygen atoms in total. The summed E-state index contributed by atoms with van der Waals surface area (Å²) in [4.78, 5) is 31.5. The van der Waals surface area contributed by atoms with Crippen LogP contribution in [0.4, 0.5) is 5.00 Å². The van der Waals surface area contributed by atoms with E-state index in [-0.39, 0.29) is 5.56 Å². The highest BCUT2D eigenvalue weighted by Gasteiger charge is 2.27. The molecule has 0 saturated carbocycles. The van der Waals surface area contributed by atoms with Gasteiger partial charge in [0.2, 0.25) is 5.89 Å². The average Bonchev–Trinajstić information content (AvgIpc) is 3.44. The second kappa shape index (κ2) is 9.35. The minimum atomic E-state index is -1.07. The third-order valence-corrected chi connectivity index (χ3v) is 7.35. The van der Waals surface area contributed by atoms with Crippen molar-refractivity contribution in [1.29, 1.82) is 5.26 Å². The van der Waals surface area contributed by atoms with Crippen molar-refractivity contribution in [3.05, 3.63) is 70.1 Å². The molecule has 4 aromatic rings. The Morgan fingerprint density at radius 1 is 1.23 bits per heavy atom. The van der Waals surface area contributed by atoms with Crippen LogP contribution in [0.5, 0.6) is 0 Å². The number of amides is 1. The first-order valence-electron chi connectivity index (χ1n) is 11.5. The van der Waals surface area contributed by atoms with Crippen LogP contribution in [0, 0.1) is 17.2 Å². The minimum Gasteiger partial charge on any atom is -0.449 e. The molecule has 2 heterocycles. The number of ether oxygens (including phenoxy) is 1. The number of oxazole rings is 1. The zero-order valence-corrected chi connectivity index (χ0v) is 20.1. The van der Waals surface area contributed by atoms with Gasteiger partial charge in [-0.2, -0.15) is 5.26 Å².